The quantitative estimate of drug-likeness (QED) is 0.496. The molecule has 0 spiro atoms. The van der Waals surface area contributed by atoms with Gasteiger partial charge < -0.3 is 15.8 Å². The smallest absolute Gasteiger partial charge is 0.183 e. The van der Waals surface area contributed by atoms with E-state index in [1.54, 1.807) is 45.5 Å². The second-order valence-corrected chi connectivity index (χ2v) is 9.38. The standard InChI is InChI=1S/C17H23N5O3S/c1-10(26(23,24)17(2,16(18)19)12-4-5-12)22-15-14-11(6-7-20-15)8-13(25-3)9-21-14/h6-10,12H,4-5H2,1-3H3,(H3,18,19)(H,20,22). The highest BCUT2D eigenvalue weighted by atomic mass is 32.2. The molecular weight excluding hydrogens is 354 g/mol. The topological polar surface area (TPSA) is 131 Å². The van der Waals surface area contributed by atoms with Crippen LogP contribution >= 0.6 is 0 Å². The minimum Gasteiger partial charge on any atom is -0.495 e. The van der Waals surface area contributed by atoms with Crippen LogP contribution in [0.4, 0.5) is 5.82 Å². The van der Waals surface area contributed by atoms with Crippen molar-refractivity contribution in [3.63, 3.8) is 0 Å². The largest absolute Gasteiger partial charge is 0.495 e. The van der Waals surface area contributed by atoms with E-state index in [0.29, 0.717) is 17.1 Å². The van der Waals surface area contributed by atoms with Crippen LogP contribution in [0.3, 0.4) is 0 Å². The molecule has 0 aliphatic heterocycles. The highest BCUT2D eigenvalue weighted by molar-refractivity contribution is 7.94. The van der Waals surface area contributed by atoms with Crippen LogP contribution in [0.25, 0.3) is 10.9 Å². The van der Waals surface area contributed by atoms with Gasteiger partial charge in [-0.15, -0.1) is 0 Å². The number of nitrogens with two attached hydrogens (primary N) is 1. The normalized spacial score (nSPS) is 18.1. The van der Waals surface area contributed by atoms with Crippen LogP contribution in [0.5, 0.6) is 5.75 Å². The van der Waals surface area contributed by atoms with Crippen LogP contribution in [-0.4, -0.2) is 41.5 Å². The van der Waals surface area contributed by atoms with E-state index >= 15 is 0 Å². The Morgan fingerprint density at radius 2 is 2.15 bits per heavy atom. The Labute approximate surface area is 152 Å². The van der Waals surface area contributed by atoms with E-state index in [-0.39, 0.29) is 11.8 Å². The Morgan fingerprint density at radius 3 is 2.73 bits per heavy atom. The maximum absolute atomic E-state index is 13.2. The van der Waals surface area contributed by atoms with Gasteiger partial charge in [-0.2, -0.15) is 0 Å². The summed E-state index contributed by atoms with van der Waals surface area (Å²) in [4.78, 5) is 8.56. The molecule has 3 rings (SSSR count). The lowest BCUT2D eigenvalue weighted by atomic mass is 10.0. The van der Waals surface area contributed by atoms with E-state index in [9.17, 15) is 8.42 Å². The number of hydrogen-bond donors (Lipinski definition) is 3. The zero-order valence-electron chi connectivity index (χ0n) is 15.0. The lowest BCUT2D eigenvalue weighted by Gasteiger charge is -2.31. The van der Waals surface area contributed by atoms with Gasteiger partial charge in [0.15, 0.2) is 15.7 Å². The molecule has 26 heavy (non-hydrogen) atoms. The number of nitrogens with one attached hydrogen (secondary N) is 2. The molecule has 1 fully saturated rings. The number of sulfone groups is 1. The van der Waals surface area contributed by atoms with Crippen molar-refractivity contribution in [2.24, 2.45) is 11.7 Å². The number of anilines is 1. The number of methoxy groups -OCH3 is 1. The molecular formula is C17H23N5O3S. The first-order valence-electron chi connectivity index (χ1n) is 8.35. The Hall–Kier alpha value is -2.42. The van der Waals surface area contributed by atoms with Gasteiger partial charge >= 0.3 is 0 Å². The van der Waals surface area contributed by atoms with Gasteiger partial charge in [-0.3, -0.25) is 5.41 Å². The first-order chi connectivity index (χ1) is 12.2. The molecule has 1 saturated carbocycles. The van der Waals surface area contributed by atoms with Crippen LogP contribution in [0.2, 0.25) is 0 Å². The van der Waals surface area contributed by atoms with E-state index in [4.69, 9.17) is 15.9 Å². The average molecular weight is 377 g/mol. The molecule has 140 valence electrons. The number of nitrogens with zero attached hydrogens (tertiary/aromatic N) is 2. The maximum atomic E-state index is 13.2. The summed E-state index contributed by atoms with van der Waals surface area (Å²) in [6.45, 7) is 3.09. The summed E-state index contributed by atoms with van der Waals surface area (Å²) in [6.07, 6.45) is 4.65. The van der Waals surface area contributed by atoms with Gasteiger partial charge in [0.2, 0.25) is 0 Å². The number of aromatic nitrogens is 2. The Balaban J connectivity index is 1.96. The summed E-state index contributed by atoms with van der Waals surface area (Å²) < 4.78 is 30.1. The summed E-state index contributed by atoms with van der Waals surface area (Å²) in [5, 5.41) is 10.6. The van der Waals surface area contributed by atoms with E-state index < -0.39 is 20.0 Å². The first kappa shape index (κ1) is 18.4. The molecule has 2 atom stereocenters. The van der Waals surface area contributed by atoms with Gasteiger partial charge in [0.05, 0.1) is 13.3 Å². The number of hydrogen-bond acceptors (Lipinski definition) is 7. The van der Waals surface area contributed by atoms with Crippen molar-refractivity contribution >= 4 is 32.4 Å². The van der Waals surface area contributed by atoms with Crippen molar-refractivity contribution in [3.05, 3.63) is 24.5 Å². The Kier molecular flexibility index (Phi) is 4.51. The summed E-state index contributed by atoms with van der Waals surface area (Å²) in [6, 6.07) is 3.58. The fourth-order valence-electron chi connectivity index (χ4n) is 3.13. The van der Waals surface area contributed by atoms with Crippen LogP contribution in [-0.2, 0) is 9.84 Å². The van der Waals surface area contributed by atoms with E-state index in [0.717, 1.165) is 18.2 Å². The third-order valence-electron chi connectivity index (χ3n) is 5.10. The molecule has 2 aromatic heterocycles. The highest BCUT2D eigenvalue weighted by Crippen LogP contribution is 2.45. The third-order valence-corrected chi connectivity index (χ3v) is 7.88. The van der Waals surface area contributed by atoms with Gasteiger partial charge in [-0.25, -0.2) is 18.4 Å². The summed E-state index contributed by atoms with van der Waals surface area (Å²) in [5.74, 6) is 0.538. The van der Waals surface area contributed by atoms with Gasteiger partial charge in [-0.1, -0.05) is 0 Å². The van der Waals surface area contributed by atoms with E-state index in [1.807, 2.05) is 0 Å². The molecule has 0 bridgehead atoms. The molecule has 0 saturated heterocycles. The molecule has 2 unspecified atom stereocenters. The van der Waals surface area contributed by atoms with Gasteiger partial charge in [0.25, 0.3) is 0 Å². The van der Waals surface area contributed by atoms with E-state index in [2.05, 4.69) is 15.3 Å². The fourth-order valence-corrected chi connectivity index (χ4v) is 5.14. The average Bonchev–Trinajstić information content (AvgIpc) is 3.45. The summed E-state index contributed by atoms with van der Waals surface area (Å²) in [7, 11) is -2.22. The third kappa shape index (κ3) is 2.86. The van der Waals surface area contributed by atoms with Crippen molar-refractivity contribution in [1.82, 2.24) is 9.97 Å². The fraction of sp³-hybridized carbons (Fsp3) is 0.471. The molecule has 0 amide bonds. The molecule has 8 nitrogen and oxygen atoms in total. The summed E-state index contributed by atoms with van der Waals surface area (Å²) in [5.41, 5.74) is 6.23. The van der Waals surface area contributed by atoms with Crippen molar-refractivity contribution in [2.75, 3.05) is 12.4 Å². The minimum absolute atomic E-state index is 0.114. The monoisotopic (exact) mass is 377 g/mol. The van der Waals surface area contributed by atoms with Crippen LogP contribution in [0, 0.1) is 11.3 Å². The number of ether oxygens (including phenoxy) is 1. The molecule has 0 radical (unpaired) electrons. The number of pyridine rings is 2. The molecule has 1 aliphatic carbocycles. The van der Waals surface area contributed by atoms with Crippen LogP contribution < -0.4 is 15.8 Å². The zero-order valence-corrected chi connectivity index (χ0v) is 15.8. The SMILES string of the molecule is COc1cnc2c(NC(C)S(=O)(=O)C(C)(C(=N)N)C3CC3)nccc2c1. The van der Waals surface area contributed by atoms with Gasteiger partial charge in [0, 0.05) is 11.6 Å². The lowest BCUT2D eigenvalue weighted by Crippen LogP contribution is -2.54. The van der Waals surface area contributed by atoms with Gasteiger partial charge in [-0.05, 0) is 44.7 Å². The van der Waals surface area contributed by atoms with E-state index in [1.165, 1.54) is 0 Å². The second-order valence-electron chi connectivity index (χ2n) is 6.73. The molecule has 2 heterocycles. The highest BCUT2D eigenvalue weighted by Gasteiger charge is 2.55. The van der Waals surface area contributed by atoms with Crippen molar-refractivity contribution < 1.29 is 13.2 Å². The molecule has 1 aliphatic rings. The van der Waals surface area contributed by atoms with Gasteiger partial charge in [0.1, 0.15) is 27.2 Å². The Bertz CT molecular complexity index is 958. The number of rotatable bonds is 7. The number of fused-ring (bicyclic) bond motifs is 1. The molecule has 4 N–H and O–H groups in total. The lowest BCUT2D eigenvalue weighted by molar-refractivity contribution is 0.414. The second kappa shape index (κ2) is 6.39. The van der Waals surface area contributed by atoms with Crippen LogP contribution in [0.15, 0.2) is 24.5 Å². The summed E-state index contributed by atoms with van der Waals surface area (Å²) >= 11 is 0. The maximum Gasteiger partial charge on any atom is 0.183 e. The minimum atomic E-state index is -3.77. The Morgan fingerprint density at radius 1 is 1.46 bits per heavy atom. The zero-order chi connectivity index (χ0) is 19.1. The molecule has 9 heteroatoms. The first-order valence-corrected chi connectivity index (χ1v) is 9.89. The number of amidine groups is 1. The molecule has 2 aromatic rings. The van der Waals surface area contributed by atoms with Crippen LogP contribution in [0.1, 0.15) is 26.7 Å². The predicted molar refractivity (Wildman–Crippen MR) is 101 cm³/mol. The van der Waals surface area contributed by atoms with Crippen molar-refractivity contribution in [2.45, 2.75) is 36.8 Å². The van der Waals surface area contributed by atoms with Crippen molar-refractivity contribution in [1.29, 1.82) is 5.41 Å². The predicted octanol–water partition coefficient (Wildman–Crippen LogP) is 1.92. The van der Waals surface area contributed by atoms with Crippen molar-refractivity contribution in [3.8, 4) is 5.75 Å². The molecule has 0 aromatic carbocycles.